The lowest BCUT2D eigenvalue weighted by atomic mass is 10.0. The highest BCUT2D eigenvalue weighted by Crippen LogP contribution is 2.26. The summed E-state index contributed by atoms with van der Waals surface area (Å²) in [5, 5.41) is 4.01. The maximum absolute atomic E-state index is 12.1. The van der Waals surface area contributed by atoms with Crippen LogP contribution < -0.4 is 10.1 Å². The van der Waals surface area contributed by atoms with E-state index in [2.05, 4.69) is 10.3 Å². The fraction of sp³-hybridized carbons (Fsp3) is 0.158. The molecule has 3 rings (SSSR count). The third-order valence-electron chi connectivity index (χ3n) is 3.76. The van der Waals surface area contributed by atoms with Crippen LogP contribution in [-0.4, -0.2) is 24.5 Å². The zero-order valence-corrected chi connectivity index (χ0v) is 13.0. The van der Waals surface area contributed by atoms with Crippen molar-refractivity contribution in [2.45, 2.75) is 6.42 Å². The van der Waals surface area contributed by atoms with Crippen molar-refractivity contribution in [3.63, 3.8) is 0 Å². The molecule has 2 aromatic carbocycles. The van der Waals surface area contributed by atoms with Crippen LogP contribution in [0.15, 0.2) is 60.8 Å². The van der Waals surface area contributed by atoms with E-state index in [9.17, 15) is 4.79 Å². The van der Waals surface area contributed by atoms with Gasteiger partial charge in [-0.25, -0.2) is 0 Å². The number of carbonyl (C=O) groups is 1. The summed E-state index contributed by atoms with van der Waals surface area (Å²) < 4.78 is 5.35. The molecule has 0 saturated carbocycles. The molecule has 0 bridgehead atoms. The normalized spacial score (nSPS) is 10.5. The van der Waals surface area contributed by atoms with Gasteiger partial charge in [-0.2, -0.15) is 0 Å². The van der Waals surface area contributed by atoms with Gasteiger partial charge >= 0.3 is 0 Å². The van der Waals surface area contributed by atoms with Crippen molar-refractivity contribution in [1.82, 2.24) is 10.3 Å². The number of hydrogen-bond donors (Lipinski definition) is 1. The van der Waals surface area contributed by atoms with Crippen molar-refractivity contribution in [3.8, 4) is 5.75 Å². The molecule has 0 aliphatic rings. The molecular weight excluding hydrogens is 288 g/mol. The standard InChI is InChI=1S/C19H18N2O2/c1-23-17-10-9-14(16-8-5-12-20-18(16)17)11-13-21-19(22)15-6-3-2-4-7-15/h2-10,12H,11,13H2,1H3,(H,21,22). The SMILES string of the molecule is COc1ccc(CCNC(=O)c2ccccc2)c2cccnc12. The number of nitrogens with one attached hydrogen (secondary N) is 1. The zero-order chi connectivity index (χ0) is 16.1. The summed E-state index contributed by atoms with van der Waals surface area (Å²) in [6, 6.07) is 17.1. The fourth-order valence-electron chi connectivity index (χ4n) is 2.59. The van der Waals surface area contributed by atoms with Crippen LogP contribution >= 0.6 is 0 Å². The van der Waals surface area contributed by atoms with Gasteiger partial charge in [-0.1, -0.05) is 30.3 Å². The lowest BCUT2D eigenvalue weighted by Crippen LogP contribution is -2.25. The van der Waals surface area contributed by atoms with Crippen LogP contribution in [0.4, 0.5) is 0 Å². The monoisotopic (exact) mass is 306 g/mol. The molecule has 0 atom stereocenters. The van der Waals surface area contributed by atoms with Gasteiger partial charge in [0, 0.05) is 23.7 Å². The minimum absolute atomic E-state index is 0.0541. The van der Waals surface area contributed by atoms with Crippen molar-refractivity contribution in [2.75, 3.05) is 13.7 Å². The largest absolute Gasteiger partial charge is 0.494 e. The molecule has 0 aliphatic carbocycles. The Labute approximate surface area is 135 Å². The highest BCUT2D eigenvalue weighted by molar-refractivity contribution is 5.94. The van der Waals surface area contributed by atoms with E-state index in [0.29, 0.717) is 12.1 Å². The van der Waals surface area contributed by atoms with Gasteiger partial charge in [-0.3, -0.25) is 9.78 Å². The number of fused-ring (bicyclic) bond motifs is 1. The number of aromatic nitrogens is 1. The number of benzene rings is 2. The summed E-state index contributed by atoms with van der Waals surface area (Å²) in [5.41, 5.74) is 2.66. The van der Waals surface area contributed by atoms with E-state index >= 15 is 0 Å². The van der Waals surface area contributed by atoms with Gasteiger partial charge in [-0.05, 0) is 36.2 Å². The number of hydrogen-bond acceptors (Lipinski definition) is 3. The second kappa shape index (κ2) is 6.92. The maximum Gasteiger partial charge on any atom is 0.251 e. The van der Waals surface area contributed by atoms with Crippen LogP contribution in [0.25, 0.3) is 10.9 Å². The van der Waals surface area contributed by atoms with Gasteiger partial charge in [0.25, 0.3) is 5.91 Å². The molecule has 0 fully saturated rings. The van der Waals surface area contributed by atoms with E-state index in [0.717, 1.165) is 28.6 Å². The highest BCUT2D eigenvalue weighted by Gasteiger charge is 2.08. The van der Waals surface area contributed by atoms with Crippen molar-refractivity contribution in [1.29, 1.82) is 0 Å². The predicted molar refractivity (Wildman–Crippen MR) is 90.8 cm³/mol. The first-order valence-electron chi connectivity index (χ1n) is 7.53. The molecule has 0 spiro atoms. The number of rotatable bonds is 5. The Bertz CT molecular complexity index is 816. The van der Waals surface area contributed by atoms with Crippen LogP contribution in [0.5, 0.6) is 5.75 Å². The number of nitrogens with zero attached hydrogens (tertiary/aromatic N) is 1. The zero-order valence-electron chi connectivity index (χ0n) is 13.0. The lowest BCUT2D eigenvalue weighted by molar-refractivity contribution is 0.0954. The van der Waals surface area contributed by atoms with Crippen LogP contribution in [0.2, 0.25) is 0 Å². The minimum Gasteiger partial charge on any atom is -0.494 e. The second-order valence-electron chi connectivity index (χ2n) is 5.20. The number of pyridine rings is 1. The van der Waals surface area contributed by atoms with Gasteiger partial charge in [-0.15, -0.1) is 0 Å². The third kappa shape index (κ3) is 3.31. The molecule has 0 unspecified atom stereocenters. The number of methoxy groups -OCH3 is 1. The molecule has 1 amide bonds. The highest BCUT2D eigenvalue weighted by atomic mass is 16.5. The van der Waals surface area contributed by atoms with Crippen molar-refractivity contribution < 1.29 is 9.53 Å². The molecule has 116 valence electrons. The van der Waals surface area contributed by atoms with Gasteiger partial charge in [0.1, 0.15) is 11.3 Å². The molecule has 1 aromatic heterocycles. The van der Waals surface area contributed by atoms with E-state index in [4.69, 9.17) is 4.74 Å². The average molecular weight is 306 g/mol. The Balaban J connectivity index is 1.72. The number of ether oxygens (including phenoxy) is 1. The fourth-order valence-corrected chi connectivity index (χ4v) is 2.59. The van der Waals surface area contributed by atoms with E-state index in [1.807, 2.05) is 54.6 Å². The van der Waals surface area contributed by atoms with Crippen LogP contribution in [-0.2, 0) is 6.42 Å². The molecule has 4 heteroatoms. The first kappa shape index (κ1) is 15.0. The van der Waals surface area contributed by atoms with E-state index < -0.39 is 0 Å². The molecular formula is C19H18N2O2. The van der Waals surface area contributed by atoms with Crippen LogP contribution in [0.3, 0.4) is 0 Å². The predicted octanol–water partition coefficient (Wildman–Crippen LogP) is 3.22. The summed E-state index contributed by atoms with van der Waals surface area (Å²) in [4.78, 5) is 16.4. The molecule has 23 heavy (non-hydrogen) atoms. The van der Waals surface area contributed by atoms with Gasteiger partial charge in [0.15, 0.2) is 0 Å². The quantitative estimate of drug-likeness (QED) is 0.787. The molecule has 4 nitrogen and oxygen atoms in total. The molecule has 3 aromatic rings. The minimum atomic E-state index is -0.0541. The summed E-state index contributed by atoms with van der Waals surface area (Å²) in [5.74, 6) is 0.708. The Morgan fingerprint density at radius 3 is 2.70 bits per heavy atom. The molecule has 0 radical (unpaired) electrons. The maximum atomic E-state index is 12.1. The van der Waals surface area contributed by atoms with E-state index in [1.54, 1.807) is 13.3 Å². The van der Waals surface area contributed by atoms with Crippen molar-refractivity contribution >= 4 is 16.8 Å². The number of amides is 1. The molecule has 1 heterocycles. The van der Waals surface area contributed by atoms with Gasteiger partial charge < -0.3 is 10.1 Å². The van der Waals surface area contributed by atoms with E-state index in [-0.39, 0.29) is 5.91 Å². The molecule has 0 aliphatic heterocycles. The van der Waals surface area contributed by atoms with Crippen molar-refractivity contribution in [3.05, 3.63) is 71.9 Å². The van der Waals surface area contributed by atoms with Crippen molar-refractivity contribution in [2.24, 2.45) is 0 Å². The van der Waals surface area contributed by atoms with Gasteiger partial charge in [0.2, 0.25) is 0 Å². The van der Waals surface area contributed by atoms with Crippen LogP contribution in [0, 0.1) is 0 Å². The first-order chi connectivity index (χ1) is 11.3. The Morgan fingerprint density at radius 1 is 1.09 bits per heavy atom. The average Bonchev–Trinajstić information content (AvgIpc) is 2.62. The lowest BCUT2D eigenvalue weighted by Gasteiger charge is -2.10. The summed E-state index contributed by atoms with van der Waals surface area (Å²) in [7, 11) is 1.64. The third-order valence-corrected chi connectivity index (χ3v) is 3.76. The first-order valence-corrected chi connectivity index (χ1v) is 7.53. The smallest absolute Gasteiger partial charge is 0.251 e. The molecule has 1 N–H and O–H groups in total. The second-order valence-corrected chi connectivity index (χ2v) is 5.20. The van der Waals surface area contributed by atoms with Gasteiger partial charge in [0.05, 0.1) is 7.11 Å². The Kier molecular flexibility index (Phi) is 4.52. The molecule has 0 saturated heterocycles. The summed E-state index contributed by atoms with van der Waals surface area (Å²) >= 11 is 0. The topological polar surface area (TPSA) is 51.2 Å². The summed E-state index contributed by atoms with van der Waals surface area (Å²) in [6.07, 6.45) is 2.50. The van der Waals surface area contributed by atoms with Crippen LogP contribution in [0.1, 0.15) is 15.9 Å². The summed E-state index contributed by atoms with van der Waals surface area (Å²) in [6.45, 7) is 0.573. The Morgan fingerprint density at radius 2 is 1.91 bits per heavy atom. The number of carbonyl (C=O) groups excluding carboxylic acids is 1. The Hall–Kier alpha value is -2.88. The van der Waals surface area contributed by atoms with E-state index in [1.165, 1.54) is 0 Å².